The van der Waals surface area contributed by atoms with Gasteiger partial charge in [0, 0.05) is 26.7 Å². The third kappa shape index (κ3) is 2.39. The van der Waals surface area contributed by atoms with Crippen LogP contribution in [0.3, 0.4) is 0 Å². The molecule has 1 aliphatic rings. The number of rotatable bonds is 3. The van der Waals surface area contributed by atoms with Crippen molar-refractivity contribution < 1.29 is 4.79 Å². The minimum absolute atomic E-state index is 0.0150. The molecule has 1 fully saturated rings. The fourth-order valence-electron chi connectivity index (χ4n) is 2.00. The zero-order valence-corrected chi connectivity index (χ0v) is 9.84. The van der Waals surface area contributed by atoms with Crippen LogP contribution < -0.4 is 0 Å². The smallest absolute Gasteiger partial charge is 0.319 e. The van der Waals surface area contributed by atoms with Gasteiger partial charge in [-0.2, -0.15) is 5.26 Å². The summed E-state index contributed by atoms with van der Waals surface area (Å²) in [4.78, 5) is 15.1. The number of urea groups is 1. The Labute approximate surface area is 101 Å². The first kappa shape index (κ1) is 11.5. The molecule has 4 heteroatoms. The van der Waals surface area contributed by atoms with Crippen LogP contribution in [-0.2, 0) is 0 Å². The van der Waals surface area contributed by atoms with Gasteiger partial charge in [-0.05, 0) is 5.56 Å². The van der Waals surface area contributed by atoms with E-state index in [-0.39, 0.29) is 11.9 Å². The predicted molar refractivity (Wildman–Crippen MR) is 64.4 cm³/mol. The van der Waals surface area contributed by atoms with E-state index in [2.05, 4.69) is 6.07 Å². The summed E-state index contributed by atoms with van der Waals surface area (Å²) in [5.41, 5.74) is 0.970. The summed E-state index contributed by atoms with van der Waals surface area (Å²) >= 11 is 0. The van der Waals surface area contributed by atoms with Gasteiger partial charge in [-0.15, -0.1) is 0 Å². The summed E-state index contributed by atoms with van der Waals surface area (Å²) in [7, 11) is 1.78. The summed E-state index contributed by atoms with van der Waals surface area (Å²) in [5.74, 6) is -0.244. The van der Waals surface area contributed by atoms with Crippen molar-refractivity contribution in [1.29, 1.82) is 5.26 Å². The van der Waals surface area contributed by atoms with Crippen molar-refractivity contribution in [2.75, 3.05) is 26.7 Å². The van der Waals surface area contributed by atoms with E-state index in [1.807, 2.05) is 30.3 Å². The molecule has 17 heavy (non-hydrogen) atoms. The van der Waals surface area contributed by atoms with E-state index < -0.39 is 0 Å². The minimum atomic E-state index is -0.244. The maximum atomic E-state index is 11.7. The number of hydrogen-bond acceptors (Lipinski definition) is 2. The number of likely N-dealkylation sites (N-methyl/N-ethyl adjacent to an activating group) is 1. The Hall–Kier alpha value is -2.02. The van der Waals surface area contributed by atoms with E-state index in [4.69, 9.17) is 0 Å². The third-order valence-corrected chi connectivity index (χ3v) is 3.06. The Bertz CT molecular complexity index is 438. The summed E-state index contributed by atoms with van der Waals surface area (Å²) < 4.78 is 0. The molecule has 2 rings (SSSR count). The van der Waals surface area contributed by atoms with Crippen LogP contribution in [0.5, 0.6) is 0 Å². The molecule has 1 aliphatic heterocycles. The van der Waals surface area contributed by atoms with Crippen LogP contribution in [0.1, 0.15) is 11.5 Å². The standard InChI is InChI=1S/C13H15N3O/c1-15-7-8-16(13(15)17)10-12(9-14)11-5-3-2-4-6-11/h2-6,12H,7-8,10H2,1H3. The van der Waals surface area contributed by atoms with Crippen molar-refractivity contribution >= 4 is 6.03 Å². The summed E-state index contributed by atoms with van der Waals surface area (Å²) in [6, 6.07) is 11.9. The average Bonchev–Trinajstić information content (AvgIpc) is 2.68. The molecule has 1 saturated heterocycles. The highest BCUT2D eigenvalue weighted by molar-refractivity contribution is 5.76. The van der Waals surface area contributed by atoms with Gasteiger partial charge >= 0.3 is 6.03 Å². The number of hydrogen-bond donors (Lipinski definition) is 0. The zero-order valence-electron chi connectivity index (χ0n) is 9.84. The molecule has 0 radical (unpaired) electrons. The largest absolute Gasteiger partial charge is 0.326 e. The summed E-state index contributed by atoms with van der Waals surface area (Å²) in [6.45, 7) is 1.93. The Morgan fingerprint density at radius 3 is 2.59 bits per heavy atom. The first-order valence-corrected chi connectivity index (χ1v) is 5.67. The molecule has 1 heterocycles. The molecular formula is C13H15N3O. The molecule has 2 amide bonds. The highest BCUT2D eigenvalue weighted by Gasteiger charge is 2.27. The number of benzene rings is 1. The molecule has 1 aromatic rings. The van der Waals surface area contributed by atoms with Gasteiger partial charge in [0.1, 0.15) is 0 Å². The zero-order chi connectivity index (χ0) is 12.3. The van der Waals surface area contributed by atoms with Crippen molar-refractivity contribution in [3.8, 4) is 6.07 Å². The van der Waals surface area contributed by atoms with E-state index in [0.717, 1.165) is 12.1 Å². The van der Waals surface area contributed by atoms with Crippen molar-refractivity contribution in [2.24, 2.45) is 0 Å². The normalized spacial score (nSPS) is 17.1. The number of nitriles is 1. The number of amides is 2. The van der Waals surface area contributed by atoms with E-state index in [0.29, 0.717) is 13.1 Å². The van der Waals surface area contributed by atoms with Crippen LogP contribution in [-0.4, -0.2) is 42.5 Å². The van der Waals surface area contributed by atoms with Crippen molar-refractivity contribution in [2.45, 2.75) is 5.92 Å². The molecule has 0 aliphatic carbocycles. The van der Waals surface area contributed by atoms with Gasteiger partial charge in [-0.1, -0.05) is 30.3 Å². The van der Waals surface area contributed by atoms with Crippen LogP contribution in [0.4, 0.5) is 4.79 Å². The second-order valence-corrected chi connectivity index (χ2v) is 4.24. The quantitative estimate of drug-likeness (QED) is 0.791. The van der Waals surface area contributed by atoms with Crippen LogP contribution >= 0.6 is 0 Å². The molecule has 0 bridgehead atoms. The van der Waals surface area contributed by atoms with Crippen LogP contribution in [0, 0.1) is 11.3 Å². The topological polar surface area (TPSA) is 47.3 Å². The van der Waals surface area contributed by atoms with Crippen LogP contribution in [0.25, 0.3) is 0 Å². The SMILES string of the molecule is CN1CCN(CC(C#N)c2ccccc2)C1=O. The fourth-order valence-corrected chi connectivity index (χ4v) is 2.00. The lowest BCUT2D eigenvalue weighted by Crippen LogP contribution is -2.32. The molecule has 0 aromatic heterocycles. The molecule has 0 spiro atoms. The maximum absolute atomic E-state index is 11.7. The maximum Gasteiger partial charge on any atom is 0.319 e. The summed E-state index contributed by atoms with van der Waals surface area (Å²) in [6.07, 6.45) is 0. The number of nitrogens with zero attached hydrogens (tertiary/aromatic N) is 3. The van der Waals surface area contributed by atoms with Crippen molar-refractivity contribution in [1.82, 2.24) is 9.80 Å². The molecule has 0 saturated carbocycles. The monoisotopic (exact) mass is 229 g/mol. The fraction of sp³-hybridized carbons (Fsp3) is 0.385. The van der Waals surface area contributed by atoms with E-state index >= 15 is 0 Å². The van der Waals surface area contributed by atoms with E-state index in [9.17, 15) is 10.1 Å². The van der Waals surface area contributed by atoms with Crippen molar-refractivity contribution in [3.05, 3.63) is 35.9 Å². The van der Waals surface area contributed by atoms with Crippen LogP contribution in [0.15, 0.2) is 30.3 Å². The van der Waals surface area contributed by atoms with Gasteiger partial charge in [-0.3, -0.25) is 0 Å². The molecule has 0 N–H and O–H groups in total. The lowest BCUT2D eigenvalue weighted by Gasteiger charge is -2.19. The third-order valence-electron chi connectivity index (χ3n) is 3.06. The lowest BCUT2D eigenvalue weighted by molar-refractivity contribution is 0.198. The van der Waals surface area contributed by atoms with Crippen molar-refractivity contribution in [3.63, 3.8) is 0 Å². The van der Waals surface area contributed by atoms with E-state index in [1.54, 1.807) is 16.8 Å². The summed E-state index contributed by atoms with van der Waals surface area (Å²) in [5, 5.41) is 9.19. The molecule has 88 valence electrons. The molecule has 1 aromatic carbocycles. The molecule has 4 nitrogen and oxygen atoms in total. The Morgan fingerprint density at radius 1 is 1.35 bits per heavy atom. The number of carbonyl (C=O) groups excluding carboxylic acids is 1. The first-order chi connectivity index (χ1) is 8.22. The predicted octanol–water partition coefficient (Wildman–Crippen LogP) is 1.66. The second-order valence-electron chi connectivity index (χ2n) is 4.24. The van der Waals surface area contributed by atoms with Gasteiger partial charge in [-0.25, -0.2) is 4.79 Å². The van der Waals surface area contributed by atoms with Gasteiger partial charge in [0.15, 0.2) is 0 Å². The lowest BCUT2D eigenvalue weighted by atomic mass is 10.0. The minimum Gasteiger partial charge on any atom is -0.326 e. The van der Waals surface area contributed by atoms with Gasteiger partial charge < -0.3 is 9.80 Å². The Morgan fingerprint density at radius 2 is 2.06 bits per heavy atom. The van der Waals surface area contributed by atoms with Crippen LogP contribution in [0.2, 0.25) is 0 Å². The average molecular weight is 229 g/mol. The molecular weight excluding hydrogens is 214 g/mol. The first-order valence-electron chi connectivity index (χ1n) is 5.67. The molecule has 1 unspecified atom stereocenters. The van der Waals surface area contributed by atoms with Gasteiger partial charge in [0.05, 0.1) is 12.0 Å². The molecule has 1 atom stereocenters. The highest BCUT2D eigenvalue weighted by atomic mass is 16.2. The second kappa shape index (κ2) is 4.88. The highest BCUT2D eigenvalue weighted by Crippen LogP contribution is 2.18. The van der Waals surface area contributed by atoms with Gasteiger partial charge in [0.25, 0.3) is 0 Å². The Kier molecular flexibility index (Phi) is 3.29. The van der Waals surface area contributed by atoms with Gasteiger partial charge in [0.2, 0.25) is 0 Å². The number of carbonyl (C=O) groups is 1. The van der Waals surface area contributed by atoms with E-state index in [1.165, 1.54) is 0 Å². The Balaban J connectivity index is 2.07.